The zero-order chi connectivity index (χ0) is 14.8. The molecule has 0 unspecified atom stereocenters. The molecule has 0 aromatic heterocycles. The van der Waals surface area contributed by atoms with Crippen LogP contribution in [-0.4, -0.2) is 50.1 Å². The number of hydrogen-bond donors (Lipinski definition) is 2. The summed E-state index contributed by atoms with van der Waals surface area (Å²) in [6.45, 7) is 12.4. The van der Waals surface area contributed by atoms with Crippen LogP contribution in [0.4, 0.5) is 0 Å². The fourth-order valence-electron chi connectivity index (χ4n) is 2.59. The third-order valence-electron chi connectivity index (χ3n) is 3.98. The minimum atomic E-state index is 0.188. The molecule has 0 bridgehead atoms. The normalized spacial score (nSPS) is 17.6. The van der Waals surface area contributed by atoms with E-state index in [0.717, 1.165) is 45.1 Å². The van der Waals surface area contributed by atoms with Gasteiger partial charge in [-0.2, -0.15) is 0 Å². The molecule has 0 spiro atoms. The van der Waals surface area contributed by atoms with Gasteiger partial charge in [-0.3, -0.25) is 9.69 Å². The van der Waals surface area contributed by atoms with E-state index >= 15 is 0 Å². The minimum Gasteiger partial charge on any atom is -0.355 e. The first-order valence-electron chi connectivity index (χ1n) is 8.31. The molecule has 1 fully saturated rings. The monoisotopic (exact) mass is 283 g/mol. The van der Waals surface area contributed by atoms with Crippen molar-refractivity contribution in [2.75, 3.05) is 39.3 Å². The lowest BCUT2D eigenvalue weighted by molar-refractivity contribution is -0.122. The van der Waals surface area contributed by atoms with Crippen molar-refractivity contribution >= 4 is 5.91 Å². The molecular weight excluding hydrogens is 250 g/mol. The third-order valence-corrected chi connectivity index (χ3v) is 3.98. The number of nitrogens with one attached hydrogen (secondary N) is 2. The average Bonchev–Trinajstić information content (AvgIpc) is 2.40. The summed E-state index contributed by atoms with van der Waals surface area (Å²) in [7, 11) is 0. The van der Waals surface area contributed by atoms with Gasteiger partial charge in [-0.05, 0) is 63.7 Å². The quantitative estimate of drug-likeness (QED) is 0.635. The van der Waals surface area contributed by atoms with Crippen molar-refractivity contribution in [2.45, 2.75) is 46.5 Å². The van der Waals surface area contributed by atoms with E-state index in [-0.39, 0.29) is 5.91 Å². The molecule has 20 heavy (non-hydrogen) atoms. The molecule has 1 amide bonds. The molecule has 0 saturated carbocycles. The maximum absolute atomic E-state index is 11.8. The zero-order valence-electron chi connectivity index (χ0n) is 13.6. The fourth-order valence-corrected chi connectivity index (χ4v) is 2.59. The summed E-state index contributed by atoms with van der Waals surface area (Å²) < 4.78 is 0. The Bertz CT molecular complexity index is 260. The highest BCUT2D eigenvalue weighted by atomic mass is 16.2. The van der Waals surface area contributed by atoms with Crippen LogP contribution in [0.1, 0.15) is 46.5 Å². The number of nitrogens with zero attached hydrogens (tertiary/aromatic N) is 1. The van der Waals surface area contributed by atoms with Crippen molar-refractivity contribution in [1.29, 1.82) is 0 Å². The van der Waals surface area contributed by atoms with Gasteiger partial charge in [0.25, 0.3) is 0 Å². The van der Waals surface area contributed by atoms with E-state index in [9.17, 15) is 4.79 Å². The van der Waals surface area contributed by atoms with E-state index in [1.807, 2.05) is 0 Å². The summed E-state index contributed by atoms with van der Waals surface area (Å²) in [5, 5.41) is 6.52. The number of piperidine rings is 1. The molecule has 2 N–H and O–H groups in total. The summed E-state index contributed by atoms with van der Waals surface area (Å²) in [5.41, 5.74) is 0. The molecule has 0 aromatic rings. The van der Waals surface area contributed by atoms with Crippen molar-refractivity contribution < 1.29 is 4.79 Å². The van der Waals surface area contributed by atoms with Gasteiger partial charge in [0.2, 0.25) is 5.91 Å². The molecule has 1 aliphatic heterocycles. The molecule has 0 aliphatic carbocycles. The second-order valence-electron chi connectivity index (χ2n) is 6.46. The fraction of sp³-hybridized carbons (Fsp3) is 0.938. The van der Waals surface area contributed by atoms with Crippen molar-refractivity contribution in [2.24, 2.45) is 11.8 Å². The SMILES string of the molecule is CCCNCC1CCN(CC(=O)NCCC(C)C)CC1. The first-order valence-corrected chi connectivity index (χ1v) is 8.31. The number of likely N-dealkylation sites (tertiary alicyclic amines) is 1. The smallest absolute Gasteiger partial charge is 0.234 e. The van der Waals surface area contributed by atoms with Gasteiger partial charge >= 0.3 is 0 Å². The Kier molecular flexibility index (Phi) is 8.86. The summed E-state index contributed by atoms with van der Waals surface area (Å²) >= 11 is 0. The van der Waals surface area contributed by atoms with Crippen molar-refractivity contribution in [1.82, 2.24) is 15.5 Å². The van der Waals surface area contributed by atoms with Crippen LogP contribution < -0.4 is 10.6 Å². The predicted octanol–water partition coefficient (Wildman–Crippen LogP) is 1.86. The van der Waals surface area contributed by atoms with E-state index in [4.69, 9.17) is 0 Å². The molecule has 0 radical (unpaired) electrons. The predicted molar refractivity (Wildman–Crippen MR) is 84.8 cm³/mol. The number of hydrogen-bond acceptors (Lipinski definition) is 3. The van der Waals surface area contributed by atoms with Crippen LogP contribution in [0.15, 0.2) is 0 Å². The first kappa shape index (κ1) is 17.4. The molecule has 118 valence electrons. The van der Waals surface area contributed by atoms with Crippen molar-refractivity contribution in [3.05, 3.63) is 0 Å². The summed E-state index contributed by atoms with van der Waals surface area (Å²) in [5.74, 6) is 1.64. The highest BCUT2D eigenvalue weighted by Gasteiger charge is 2.20. The molecule has 0 atom stereocenters. The van der Waals surface area contributed by atoms with Gasteiger partial charge in [0.05, 0.1) is 6.54 Å². The Hall–Kier alpha value is -0.610. The Labute approximate surface area is 124 Å². The van der Waals surface area contributed by atoms with Crippen LogP contribution >= 0.6 is 0 Å². The Morgan fingerprint density at radius 1 is 1.25 bits per heavy atom. The lowest BCUT2D eigenvalue weighted by Gasteiger charge is -2.31. The minimum absolute atomic E-state index is 0.188. The Morgan fingerprint density at radius 3 is 2.55 bits per heavy atom. The van der Waals surface area contributed by atoms with Crippen LogP contribution in [0.5, 0.6) is 0 Å². The van der Waals surface area contributed by atoms with Crippen molar-refractivity contribution in [3.8, 4) is 0 Å². The maximum Gasteiger partial charge on any atom is 0.234 e. The van der Waals surface area contributed by atoms with Gasteiger partial charge < -0.3 is 10.6 Å². The Morgan fingerprint density at radius 2 is 1.95 bits per heavy atom. The standard InChI is InChI=1S/C16H33N3O/c1-4-8-17-12-15-6-10-19(11-7-15)13-16(20)18-9-5-14(2)3/h14-15,17H,4-13H2,1-3H3,(H,18,20). The topological polar surface area (TPSA) is 44.4 Å². The molecular formula is C16H33N3O. The second kappa shape index (κ2) is 10.2. The molecule has 4 heteroatoms. The van der Waals surface area contributed by atoms with Gasteiger partial charge in [-0.25, -0.2) is 0 Å². The van der Waals surface area contributed by atoms with Gasteiger partial charge in [-0.15, -0.1) is 0 Å². The third kappa shape index (κ3) is 7.85. The van der Waals surface area contributed by atoms with Crippen LogP contribution in [0.2, 0.25) is 0 Å². The molecule has 1 saturated heterocycles. The molecule has 1 rings (SSSR count). The molecule has 1 aliphatic rings. The summed E-state index contributed by atoms with van der Waals surface area (Å²) in [4.78, 5) is 14.1. The summed E-state index contributed by atoms with van der Waals surface area (Å²) in [6, 6.07) is 0. The van der Waals surface area contributed by atoms with Crippen molar-refractivity contribution in [3.63, 3.8) is 0 Å². The number of rotatable bonds is 9. The number of carbonyl (C=O) groups is 1. The van der Waals surface area contributed by atoms with Crippen LogP contribution in [0.3, 0.4) is 0 Å². The largest absolute Gasteiger partial charge is 0.355 e. The summed E-state index contributed by atoms with van der Waals surface area (Å²) in [6.07, 6.45) is 4.71. The molecule has 4 nitrogen and oxygen atoms in total. The highest BCUT2D eigenvalue weighted by Crippen LogP contribution is 2.15. The van der Waals surface area contributed by atoms with E-state index in [0.29, 0.717) is 12.5 Å². The molecule has 0 aromatic carbocycles. The lowest BCUT2D eigenvalue weighted by Crippen LogP contribution is -2.43. The van der Waals surface area contributed by atoms with Crippen LogP contribution in [0.25, 0.3) is 0 Å². The second-order valence-corrected chi connectivity index (χ2v) is 6.46. The van der Waals surface area contributed by atoms with Crippen LogP contribution in [-0.2, 0) is 4.79 Å². The van der Waals surface area contributed by atoms with E-state index in [1.165, 1.54) is 19.3 Å². The highest BCUT2D eigenvalue weighted by molar-refractivity contribution is 5.77. The average molecular weight is 283 g/mol. The number of amides is 1. The van der Waals surface area contributed by atoms with Gasteiger partial charge in [0.15, 0.2) is 0 Å². The molecule has 1 heterocycles. The maximum atomic E-state index is 11.8. The lowest BCUT2D eigenvalue weighted by atomic mass is 9.97. The van der Waals surface area contributed by atoms with Gasteiger partial charge in [0.1, 0.15) is 0 Å². The van der Waals surface area contributed by atoms with Gasteiger partial charge in [0, 0.05) is 6.54 Å². The van der Waals surface area contributed by atoms with Crippen LogP contribution in [0, 0.1) is 11.8 Å². The zero-order valence-corrected chi connectivity index (χ0v) is 13.6. The van der Waals surface area contributed by atoms with E-state index < -0.39 is 0 Å². The van der Waals surface area contributed by atoms with E-state index in [2.05, 4.69) is 36.3 Å². The Balaban J connectivity index is 2.07. The number of carbonyl (C=O) groups excluding carboxylic acids is 1. The first-order chi connectivity index (χ1) is 9.61. The van der Waals surface area contributed by atoms with Gasteiger partial charge in [-0.1, -0.05) is 20.8 Å². The van der Waals surface area contributed by atoms with E-state index in [1.54, 1.807) is 0 Å².